The molecule has 1 aliphatic rings. The molecule has 3 nitrogen and oxygen atoms in total. The minimum absolute atomic E-state index is 0.00801. The van der Waals surface area contributed by atoms with Gasteiger partial charge in [0.15, 0.2) is 0 Å². The zero-order chi connectivity index (χ0) is 13.3. The Bertz CT molecular complexity index is 453. The zero-order valence-electron chi connectivity index (χ0n) is 10.8. The average Bonchev–Trinajstić information content (AvgIpc) is 2.48. The van der Waals surface area contributed by atoms with Crippen molar-refractivity contribution in [3.8, 4) is 11.5 Å². The second-order valence-corrected chi connectivity index (χ2v) is 6.73. The third-order valence-corrected chi connectivity index (χ3v) is 5.04. The maximum Gasteiger partial charge on any atom is 0.138 e. The van der Waals surface area contributed by atoms with Crippen LogP contribution in [0.1, 0.15) is 30.5 Å². The summed E-state index contributed by atoms with van der Waals surface area (Å²) in [5, 5.41) is 0.542. The monoisotopic (exact) mass is 331 g/mol. The molecule has 5 heteroatoms. The van der Waals surface area contributed by atoms with E-state index in [-0.39, 0.29) is 6.04 Å². The van der Waals surface area contributed by atoms with Crippen molar-refractivity contribution in [3.05, 3.63) is 21.7 Å². The summed E-state index contributed by atoms with van der Waals surface area (Å²) >= 11 is 5.44. The van der Waals surface area contributed by atoms with Crippen LogP contribution in [0.3, 0.4) is 0 Å². The SMILES string of the molecule is COc1cc(Br)c(OC)c2c1CSC(C)CC2N. The lowest BCUT2D eigenvalue weighted by Gasteiger charge is -2.20. The van der Waals surface area contributed by atoms with Gasteiger partial charge in [-0.3, -0.25) is 0 Å². The summed E-state index contributed by atoms with van der Waals surface area (Å²) in [4.78, 5) is 0. The lowest BCUT2D eigenvalue weighted by atomic mass is 9.96. The van der Waals surface area contributed by atoms with Gasteiger partial charge in [-0.15, -0.1) is 0 Å². The lowest BCUT2D eigenvalue weighted by molar-refractivity contribution is 0.389. The highest BCUT2D eigenvalue weighted by Gasteiger charge is 2.27. The fraction of sp³-hybridized carbons (Fsp3) is 0.538. The zero-order valence-corrected chi connectivity index (χ0v) is 13.2. The van der Waals surface area contributed by atoms with Crippen LogP contribution in [0.2, 0.25) is 0 Å². The topological polar surface area (TPSA) is 44.5 Å². The molecule has 2 rings (SSSR count). The van der Waals surface area contributed by atoms with Crippen molar-refractivity contribution in [2.45, 2.75) is 30.4 Å². The Morgan fingerprint density at radius 2 is 2.11 bits per heavy atom. The Balaban J connectivity index is 2.63. The largest absolute Gasteiger partial charge is 0.496 e. The second kappa shape index (κ2) is 5.72. The van der Waals surface area contributed by atoms with E-state index in [4.69, 9.17) is 15.2 Å². The van der Waals surface area contributed by atoms with Crippen molar-refractivity contribution in [1.82, 2.24) is 0 Å². The number of ether oxygens (including phenoxy) is 2. The molecule has 2 unspecified atom stereocenters. The summed E-state index contributed by atoms with van der Waals surface area (Å²) in [5.41, 5.74) is 8.59. The number of halogens is 1. The van der Waals surface area contributed by atoms with Gasteiger partial charge in [0.25, 0.3) is 0 Å². The average molecular weight is 332 g/mol. The van der Waals surface area contributed by atoms with E-state index < -0.39 is 0 Å². The summed E-state index contributed by atoms with van der Waals surface area (Å²) < 4.78 is 11.9. The Morgan fingerprint density at radius 1 is 1.39 bits per heavy atom. The molecule has 0 bridgehead atoms. The van der Waals surface area contributed by atoms with Gasteiger partial charge in [0.05, 0.1) is 18.7 Å². The Labute approximate surface area is 121 Å². The predicted molar refractivity (Wildman–Crippen MR) is 79.5 cm³/mol. The van der Waals surface area contributed by atoms with Crippen molar-refractivity contribution in [1.29, 1.82) is 0 Å². The molecule has 18 heavy (non-hydrogen) atoms. The molecule has 0 radical (unpaired) electrons. The normalized spacial score (nSPS) is 23.2. The molecule has 1 heterocycles. The number of methoxy groups -OCH3 is 2. The minimum Gasteiger partial charge on any atom is -0.496 e. The number of benzene rings is 1. The van der Waals surface area contributed by atoms with Crippen LogP contribution in [0.25, 0.3) is 0 Å². The fourth-order valence-electron chi connectivity index (χ4n) is 2.37. The van der Waals surface area contributed by atoms with Crippen molar-refractivity contribution in [2.75, 3.05) is 14.2 Å². The summed E-state index contributed by atoms with van der Waals surface area (Å²) in [6.07, 6.45) is 0.952. The highest BCUT2D eigenvalue weighted by molar-refractivity contribution is 9.10. The molecule has 100 valence electrons. The quantitative estimate of drug-likeness (QED) is 0.900. The molecule has 0 aliphatic carbocycles. The van der Waals surface area contributed by atoms with E-state index in [1.54, 1.807) is 14.2 Å². The molecule has 0 spiro atoms. The molecule has 0 aromatic heterocycles. The van der Waals surface area contributed by atoms with Crippen LogP contribution in [0.4, 0.5) is 0 Å². The molecular formula is C13H18BrNO2S. The number of nitrogens with two attached hydrogens (primary N) is 1. The van der Waals surface area contributed by atoms with Gasteiger partial charge in [0.1, 0.15) is 11.5 Å². The standard InChI is InChI=1S/C13H18BrNO2S/c1-7-4-10(15)12-8(6-18-7)11(16-2)5-9(14)13(12)17-3/h5,7,10H,4,6,15H2,1-3H3. The van der Waals surface area contributed by atoms with Gasteiger partial charge in [-0.1, -0.05) is 6.92 Å². The number of rotatable bonds is 2. The van der Waals surface area contributed by atoms with E-state index in [1.807, 2.05) is 17.8 Å². The lowest BCUT2D eigenvalue weighted by Crippen LogP contribution is -2.16. The van der Waals surface area contributed by atoms with Gasteiger partial charge in [-0.2, -0.15) is 11.8 Å². The van der Waals surface area contributed by atoms with Crippen LogP contribution in [-0.2, 0) is 5.75 Å². The Morgan fingerprint density at radius 3 is 2.72 bits per heavy atom. The smallest absolute Gasteiger partial charge is 0.138 e. The fourth-order valence-corrected chi connectivity index (χ4v) is 4.04. The van der Waals surface area contributed by atoms with E-state index in [0.29, 0.717) is 5.25 Å². The third-order valence-electron chi connectivity index (χ3n) is 3.23. The Hall–Kier alpha value is -0.390. The number of hydrogen-bond acceptors (Lipinski definition) is 4. The van der Waals surface area contributed by atoms with Crippen molar-refractivity contribution in [3.63, 3.8) is 0 Å². The number of thioether (sulfide) groups is 1. The molecule has 0 saturated carbocycles. The first kappa shape index (κ1) is 14.0. The van der Waals surface area contributed by atoms with E-state index in [1.165, 1.54) is 5.56 Å². The molecule has 1 aromatic rings. The molecule has 2 atom stereocenters. The van der Waals surface area contributed by atoms with Crippen LogP contribution in [0.5, 0.6) is 11.5 Å². The maximum absolute atomic E-state index is 6.34. The van der Waals surface area contributed by atoms with Gasteiger partial charge < -0.3 is 15.2 Å². The highest BCUT2D eigenvalue weighted by Crippen LogP contribution is 2.46. The molecule has 0 amide bonds. The van der Waals surface area contributed by atoms with Gasteiger partial charge in [-0.25, -0.2) is 0 Å². The van der Waals surface area contributed by atoms with Gasteiger partial charge in [-0.05, 0) is 28.4 Å². The maximum atomic E-state index is 6.34. The van der Waals surface area contributed by atoms with E-state index in [2.05, 4.69) is 22.9 Å². The van der Waals surface area contributed by atoms with Gasteiger partial charge in [0, 0.05) is 28.2 Å². The van der Waals surface area contributed by atoms with Gasteiger partial charge >= 0.3 is 0 Å². The van der Waals surface area contributed by atoms with E-state index >= 15 is 0 Å². The minimum atomic E-state index is -0.00801. The molecular weight excluding hydrogens is 314 g/mol. The van der Waals surface area contributed by atoms with Crippen LogP contribution >= 0.6 is 27.7 Å². The Kier molecular flexibility index (Phi) is 4.45. The van der Waals surface area contributed by atoms with E-state index in [0.717, 1.165) is 33.7 Å². The third kappa shape index (κ3) is 2.49. The molecule has 0 saturated heterocycles. The summed E-state index contributed by atoms with van der Waals surface area (Å²) in [6.45, 7) is 2.21. The first-order valence-electron chi connectivity index (χ1n) is 5.88. The molecule has 1 aliphatic heterocycles. The first-order valence-corrected chi connectivity index (χ1v) is 7.73. The second-order valence-electron chi connectivity index (χ2n) is 4.45. The van der Waals surface area contributed by atoms with E-state index in [9.17, 15) is 0 Å². The summed E-state index contributed by atoms with van der Waals surface area (Å²) in [6, 6.07) is 1.95. The van der Waals surface area contributed by atoms with Gasteiger partial charge in [0.2, 0.25) is 0 Å². The summed E-state index contributed by atoms with van der Waals surface area (Å²) in [5.74, 6) is 2.64. The van der Waals surface area contributed by atoms with Crippen LogP contribution in [0.15, 0.2) is 10.5 Å². The summed E-state index contributed by atoms with van der Waals surface area (Å²) in [7, 11) is 3.38. The van der Waals surface area contributed by atoms with Crippen LogP contribution < -0.4 is 15.2 Å². The first-order chi connectivity index (χ1) is 8.58. The van der Waals surface area contributed by atoms with Crippen molar-refractivity contribution < 1.29 is 9.47 Å². The molecule has 2 N–H and O–H groups in total. The molecule has 0 fully saturated rings. The van der Waals surface area contributed by atoms with Crippen molar-refractivity contribution in [2.24, 2.45) is 5.73 Å². The number of fused-ring (bicyclic) bond motifs is 1. The molecule has 1 aromatic carbocycles. The highest BCUT2D eigenvalue weighted by atomic mass is 79.9. The predicted octanol–water partition coefficient (Wildman–Crippen LogP) is 3.49. The van der Waals surface area contributed by atoms with Crippen molar-refractivity contribution >= 4 is 27.7 Å². The number of hydrogen-bond donors (Lipinski definition) is 1. The van der Waals surface area contributed by atoms with Crippen LogP contribution in [-0.4, -0.2) is 19.5 Å². The van der Waals surface area contributed by atoms with Crippen LogP contribution in [0, 0.1) is 0 Å².